The summed E-state index contributed by atoms with van der Waals surface area (Å²) in [7, 11) is 0. The Morgan fingerprint density at radius 1 is 1.17 bits per heavy atom. The predicted octanol–water partition coefficient (Wildman–Crippen LogP) is 3.44. The maximum absolute atomic E-state index is 9.89. The molecule has 1 aliphatic carbocycles. The van der Waals surface area contributed by atoms with E-state index in [0.717, 1.165) is 44.8 Å². The minimum Gasteiger partial charge on any atom is -0.493 e. The maximum atomic E-state index is 9.89. The molecule has 3 nitrogen and oxygen atoms in total. The third-order valence-corrected chi connectivity index (χ3v) is 5.45. The largest absolute Gasteiger partial charge is 0.493 e. The van der Waals surface area contributed by atoms with Gasteiger partial charge in [0.1, 0.15) is 5.75 Å². The van der Waals surface area contributed by atoms with E-state index in [1.165, 1.54) is 16.3 Å². The van der Waals surface area contributed by atoms with E-state index in [1.54, 1.807) is 0 Å². The van der Waals surface area contributed by atoms with Gasteiger partial charge >= 0.3 is 0 Å². The standard InChI is InChI=1S/C20H25NO2/c1-2-9-23-20-8-7-14-5-3-4-6-16(14)18(20)13-21-11-15-10-19(22)17(15)12-21/h3-8,15,17,19,22H,2,9-13H2,1H3/t15-,17+,19-/m1/s1. The van der Waals surface area contributed by atoms with Gasteiger partial charge in [-0.15, -0.1) is 0 Å². The molecule has 2 fully saturated rings. The smallest absolute Gasteiger partial charge is 0.124 e. The van der Waals surface area contributed by atoms with E-state index in [2.05, 4.69) is 48.2 Å². The van der Waals surface area contributed by atoms with Crippen molar-refractivity contribution in [2.24, 2.45) is 11.8 Å². The second-order valence-corrected chi connectivity index (χ2v) is 7.03. The van der Waals surface area contributed by atoms with Gasteiger partial charge in [-0.3, -0.25) is 4.90 Å². The zero-order valence-electron chi connectivity index (χ0n) is 13.7. The lowest BCUT2D eigenvalue weighted by Gasteiger charge is -2.35. The van der Waals surface area contributed by atoms with Gasteiger partial charge in [0.15, 0.2) is 0 Å². The van der Waals surface area contributed by atoms with Crippen LogP contribution in [-0.2, 0) is 6.54 Å². The molecule has 122 valence electrons. The fraction of sp³-hybridized carbons (Fsp3) is 0.500. The van der Waals surface area contributed by atoms with Crippen molar-refractivity contribution in [2.45, 2.75) is 32.4 Å². The molecule has 1 aliphatic heterocycles. The number of likely N-dealkylation sites (tertiary alicyclic amines) is 1. The van der Waals surface area contributed by atoms with Gasteiger partial charge in [-0.2, -0.15) is 0 Å². The molecule has 2 aromatic carbocycles. The van der Waals surface area contributed by atoms with Gasteiger partial charge in [0, 0.05) is 31.1 Å². The van der Waals surface area contributed by atoms with Crippen LogP contribution in [0.15, 0.2) is 36.4 Å². The monoisotopic (exact) mass is 311 g/mol. The SMILES string of the molecule is CCCOc1ccc2ccccc2c1CN1C[C@H]2C[C@@H](O)[C@H]2C1. The highest BCUT2D eigenvalue weighted by molar-refractivity contribution is 5.87. The van der Waals surface area contributed by atoms with Gasteiger partial charge in [0.25, 0.3) is 0 Å². The lowest BCUT2D eigenvalue weighted by atomic mass is 9.74. The second kappa shape index (κ2) is 6.14. The van der Waals surface area contributed by atoms with E-state index in [1.807, 2.05) is 0 Å². The Balaban J connectivity index is 1.63. The highest BCUT2D eigenvalue weighted by atomic mass is 16.5. The minimum atomic E-state index is -0.0756. The molecular weight excluding hydrogens is 286 g/mol. The summed E-state index contributed by atoms with van der Waals surface area (Å²) in [5, 5.41) is 12.5. The first-order valence-electron chi connectivity index (χ1n) is 8.80. The molecule has 0 amide bonds. The molecule has 0 bridgehead atoms. The van der Waals surface area contributed by atoms with Gasteiger partial charge in [-0.25, -0.2) is 0 Å². The van der Waals surface area contributed by atoms with E-state index in [4.69, 9.17) is 4.74 Å². The molecule has 4 rings (SSSR count). The van der Waals surface area contributed by atoms with E-state index < -0.39 is 0 Å². The van der Waals surface area contributed by atoms with Crippen LogP contribution in [-0.4, -0.2) is 35.8 Å². The first-order valence-corrected chi connectivity index (χ1v) is 8.80. The molecule has 23 heavy (non-hydrogen) atoms. The van der Waals surface area contributed by atoms with Crippen LogP contribution < -0.4 is 4.74 Å². The Labute approximate surface area is 137 Å². The highest BCUT2D eigenvalue weighted by Crippen LogP contribution is 2.42. The molecule has 0 aromatic heterocycles. The summed E-state index contributed by atoms with van der Waals surface area (Å²) in [6.07, 6.45) is 1.93. The number of benzene rings is 2. The zero-order chi connectivity index (χ0) is 15.8. The third kappa shape index (κ3) is 2.73. The second-order valence-electron chi connectivity index (χ2n) is 7.03. The average molecular weight is 311 g/mol. The Hall–Kier alpha value is -1.58. The molecular formula is C20H25NO2. The molecule has 2 aliphatic rings. The number of hydrogen-bond acceptors (Lipinski definition) is 3. The van der Waals surface area contributed by atoms with E-state index >= 15 is 0 Å². The summed E-state index contributed by atoms with van der Waals surface area (Å²) in [5.41, 5.74) is 1.30. The quantitative estimate of drug-likeness (QED) is 0.918. The summed E-state index contributed by atoms with van der Waals surface area (Å²) >= 11 is 0. The summed E-state index contributed by atoms with van der Waals surface area (Å²) in [5.74, 6) is 2.20. The lowest BCUT2D eigenvalue weighted by molar-refractivity contribution is -0.00435. The van der Waals surface area contributed by atoms with Gasteiger partial charge in [0.05, 0.1) is 12.7 Å². The zero-order valence-corrected chi connectivity index (χ0v) is 13.7. The number of ether oxygens (including phenoxy) is 1. The fourth-order valence-corrected chi connectivity index (χ4v) is 4.14. The van der Waals surface area contributed by atoms with Crippen LogP contribution in [0.25, 0.3) is 10.8 Å². The van der Waals surface area contributed by atoms with Crippen molar-refractivity contribution >= 4 is 10.8 Å². The summed E-state index contributed by atoms with van der Waals surface area (Å²) in [6, 6.07) is 12.8. The Morgan fingerprint density at radius 3 is 2.83 bits per heavy atom. The Bertz CT molecular complexity index is 699. The molecule has 3 heteroatoms. The summed E-state index contributed by atoms with van der Waals surface area (Å²) in [6.45, 7) is 5.94. The van der Waals surface area contributed by atoms with Crippen molar-refractivity contribution in [1.82, 2.24) is 4.90 Å². The van der Waals surface area contributed by atoms with Crippen molar-refractivity contribution in [1.29, 1.82) is 0 Å². The number of nitrogens with zero attached hydrogens (tertiary/aromatic N) is 1. The Morgan fingerprint density at radius 2 is 2.04 bits per heavy atom. The molecule has 3 atom stereocenters. The van der Waals surface area contributed by atoms with E-state index in [-0.39, 0.29) is 6.10 Å². The van der Waals surface area contributed by atoms with Gasteiger partial charge in [-0.1, -0.05) is 37.3 Å². The molecule has 0 radical (unpaired) electrons. The number of aliphatic hydroxyl groups is 1. The lowest BCUT2D eigenvalue weighted by Crippen LogP contribution is -2.39. The number of aliphatic hydroxyl groups excluding tert-OH is 1. The number of fused-ring (bicyclic) bond motifs is 2. The minimum absolute atomic E-state index is 0.0756. The third-order valence-electron chi connectivity index (χ3n) is 5.45. The number of hydrogen-bond donors (Lipinski definition) is 1. The maximum Gasteiger partial charge on any atom is 0.124 e. The topological polar surface area (TPSA) is 32.7 Å². The van der Waals surface area contributed by atoms with Crippen LogP contribution in [0.4, 0.5) is 0 Å². The summed E-state index contributed by atoms with van der Waals surface area (Å²) in [4.78, 5) is 2.49. The molecule has 1 heterocycles. The van der Waals surface area contributed by atoms with Crippen molar-refractivity contribution in [3.8, 4) is 5.75 Å². The van der Waals surface area contributed by atoms with E-state index in [9.17, 15) is 5.11 Å². The van der Waals surface area contributed by atoms with Crippen LogP contribution in [0.5, 0.6) is 5.75 Å². The molecule has 1 saturated carbocycles. The van der Waals surface area contributed by atoms with Crippen LogP contribution in [0.2, 0.25) is 0 Å². The number of rotatable bonds is 5. The van der Waals surface area contributed by atoms with Crippen molar-refractivity contribution in [3.63, 3.8) is 0 Å². The van der Waals surface area contributed by atoms with Crippen LogP contribution in [0.3, 0.4) is 0 Å². The molecule has 1 saturated heterocycles. The highest BCUT2D eigenvalue weighted by Gasteiger charge is 2.46. The summed E-state index contributed by atoms with van der Waals surface area (Å²) < 4.78 is 6.02. The normalized spacial score (nSPS) is 27.0. The van der Waals surface area contributed by atoms with Crippen molar-refractivity contribution in [2.75, 3.05) is 19.7 Å². The van der Waals surface area contributed by atoms with E-state index in [0.29, 0.717) is 11.8 Å². The predicted molar refractivity (Wildman–Crippen MR) is 92.6 cm³/mol. The fourth-order valence-electron chi connectivity index (χ4n) is 4.14. The molecule has 0 unspecified atom stereocenters. The average Bonchev–Trinajstić information content (AvgIpc) is 2.90. The van der Waals surface area contributed by atoms with Crippen molar-refractivity contribution in [3.05, 3.63) is 42.0 Å². The van der Waals surface area contributed by atoms with Gasteiger partial charge in [-0.05, 0) is 35.6 Å². The molecule has 0 spiro atoms. The van der Waals surface area contributed by atoms with Crippen LogP contribution >= 0.6 is 0 Å². The Kier molecular flexibility index (Phi) is 4.00. The van der Waals surface area contributed by atoms with Crippen LogP contribution in [0, 0.1) is 11.8 Å². The van der Waals surface area contributed by atoms with Gasteiger partial charge < -0.3 is 9.84 Å². The first-order chi connectivity index (χ1) is 11.3. The van der Waals surface area contributed by atoms with Gasteiger partial charge in [0.2, 0.25) is 0 Å². The van der Waals surface area contributed by atoms with Crippen LogP contribution in [0.1, 0.15) is 25.3 Å². The molecule has 2 aromatic rings. The molecule has 1 N–H and O–H groups in total. The van der Waals surface area contributed by atoms with Crippen molar-refractivity contribution < 1.29 is 9.84 Å². The first kappa shape index (κ1) is 15.0.